The Labute approximate surface area is 97.1 Å². The molecule has 0 bridgehead atoms. The second-order valence-electron chi connectivity index (χ2n) is 5.29. The highest BCUT2D eigenvalue weighted by Crippen LogP contribution is 2.33. The summed E-state index contributed by atoms with van der Waals surface area (Å²) in [4.78, 5) is 11.6. The second-order valence-corrected chi connectivity index (χ2v) is 7.03. The van der Waals surface area contributed by atoms with Crippen LogP contribution in [0.15, 0.2) is 0 Å². The molecule has 15 heavy (non-hydrogen) atoms. The number of hydrogen-bond donors (Lipinski definition) is 0. The Balaban J connectivity index is 2.31. The lowest BCUT2D eigenvalue weighted by atomic mass is 10.1. The zero-order chi connectivity index (χ0) is 11.5. The normalized spacial score (nSPS) is 27.5. The number of ether oxygens (including phenoxy) is 1. The largest absolute Gasteiger partial charge is 0.460 e. The van der Waals surface area contributed by atoms with Gasteiger partial charge in [-0.05, 0) is 33.6 Å². The Morgan fingerprint density at radius 2 is 2.07 bits per heavy atom. The summed E-state index contributed by atoms with van der Waals surface area (Å²) in [5.74, 6) is -0.0471. The molecule has 2 nitrogen and oxygen atoms in total. The van der Waals surface area contributed by atoms with Crippen molar-refractivity contribution < 1.29 is 9.53 Å². The van der Waals surface area contributed by atoms with E-state index < -0.39 is 0 Å². The third-order valence-electron chi connectivity index (χ3n) is 2.38. The van der Waals surface area contributed by atoms with Crippen LogP contribution in [0.25, 0.3) is 0 Å². The average molecular weight is 230 g/mol. The number of esters is 1. The van der Waals surface area contributed by atoms with E-state index in [2.05, 4.69) is 6.92 Å². The molecule has 0 aromatic heterocycles. The molecule has 1 saturated heterocycles. The van der Waals surface area contributed by atoms with Gasteiger partial charge in [0.05, 0.1) is 6.42 Å². The summed E-state index contributed by atoms with van der Waals surface area (Å²) in [5.41, 5.74) is -0.345. The van der Waals surface area contributed by atoms with Gasteiger partial charge in [-0.3, -0.25) is 4.79 Å². The van der Waals surface area contributed by atoms with Crippen LogP contribution >= 0.6 is 11.8 Å². The first kappa shape index (κ1) is 12.9. The van der Waals surface area contributed by atoms with Gasteiger partial charge in [-0.1, -0.05) is 13.3 Å². The monoisotopic (exact) mass is 230 g/mol. The Morgan fingerprint density at radius 1 is 1.40 bits per heavy atom. The fraction of sp³-hybridized carbons (Fsp3) is 0.917. The van der Waals surface area contributed by atoms with Crippen molar-refractivity contribution in [2.75, 3.05) is 0 Å². The molecular weight excluding hydrogens is 208 g/mol. The van der Waals surface area contributed by atoms with E-state index >= 15 is 0 Å². The number of hydrogen-bond acceptors (Lipinski definition) is 3. The summed E-state index contributed by atoms with van der Waals surface area (Å²) >= 11 is 1.94. The molecule has 1 fully saturated rings. The zero-order valence-electron chi connectivity index (χ0n) is 10.2. The molecule has 3 heteroatoms. The summed E-state index contributed by atoms with van der Waals surface area (Å²) < 4.78 is 5.32. The van der Waals surface area contributed by atoms with E-state index in [1.807, 2.05) is 32.5 Å². The Bertz CT molecular complexity index is 220. The SMILES string of the molecule is C[C@@H]1CCC[C@H](CC(=O)OC(C)(C)C)S1. The van der Waals surface area contributed by atoms with E-state index in [-0.39, 0.29) is 11.6 Å². The maximum Gasteiger partial charge on any atom is 0.307 e. The lowest BCUT2D eigenvalue weighted by Gasteiger charge is -2.27. The molecule has 1 heterocycles. The maximum atomic E-state index is 11.6. The molecule has 0 radical (unpaired) electrons. The molecule has 0 aromatic rings. The van der Waals surface area contributed by atoms with E-state index in [0.717, 1.165) is 6.42 Å². The molecule has 0 aliphatic carbocycles. The van der Waals surface area contributed by atoms with E-state index in [4.69, 9.17) is 4.74 Å². The number of carbonyl (C=O) groups is 1. The predicted molar refractivity (Wildman–Crippen MR) is 65.2 cm³/mol. The van der Waals surface area contributed by atoms with Crippen molar-refractivity contribution in [2.45, 2.75) is 69.5 Å². The van der Waals surface area contributed by atoms with E-state index in [9.17, 15) is 4.79 Å². The molecule has 0 amide bonds. The van der Waals surface area contributed by atoms with Crippen LogP contribution in [0.4, 0.5) is 0 Å². The molecule has 1 aliphatic rings. The Morgan fingerprint density at radius 3 is 2.60 bits per heavy atom. The van der Waals surface area contributed by atoms with Crippen molar-refractivity contribution in [3.63, 3.8) is 0 Å². The molecule has 0 spiro atoms. The first-order valence-electron chi connectivity index (χ1n) is 5.74. The van der Waals surface area contributed by atoms with Crippen LogP contribution in [0.1, 0.15) is 53.4 Å². The zero-order valence-corrected chi connectivity index (χ0v) is 11.0. The molecule has 2 atom stereocenters. The minimum Gasteiger partial charge on any atom is -0.460 e. The maximum absolute atomic E-state index is 11.6. The molecule has 0 saturated carbocycles. The van der Waals surface area contributed by atoms with Crippen molar-refractivity contribution >= 4 is 17.7 Å². The van der Waals surface area contributed by atoms with Crippen molar-refractivity contribution in [1.29, 1.82) is 0 Å². The molecule has 0 aromatic carbocycles. The lowest BCUT2D eigenvalue weighted by Crippen LogP contribution is -2.27. The molecule has 0 N–H and O–H groups in total. The van der Waals surface area contributed by atoms with Gasteiger partial charge in [0, 0.05) is 10.5 Å². The first-order chi connectivity index (χ1) is 6.87. The third kappa shape index (κ3) is 5.45. The van der Waals surface area contributed by atoms with Crippen LogP contribution in [0, 0.1) is 0 Å². The highest BCUT2D eigenvalue weighted by atomic mass is 32.2. The topological polar surface area (TPSA) is 26.3 Å². The van der Waals surface area contributed by atoms with Gasteiger partial charge in [0.25, 0.3) is 0 Å². The highest BCUT2D eigenvalue weighted by molar-refractivity contribution is 8.00. The molecule has 1 aliphatic heterocycles. The lowest BCUT2D eigenvalue weighted by molar-refractivity contribution is -0.154. The number of thioether (sulfide) groups is 1. The van der Waals surface area contributed by atoms with Crippen LogP contribution in [0.2, 0.25) is 0 Å². The van der Waals surface area contributed by atoms with E-state index in [1.54, 1.807) is 0 Å². The van der Waals surface area contributed by atoms with Gasteiger partial charge in [-0.15, -0.1) is 0 Å². The third-order valence-corrected chi connectivity index (χ3v) is 3.86. The molecule has 1 rings (SSSR count). The molecule has 0 unspecified atom stereocenters. The first-order valence-corrected chi connectivity index (χ1v) is 6.68. The fourth-order valence-electron chi connectivity index (χ4n) is 1.82. The van der Waals surface area contributed by atoms with Crippen LogP contribution in [0.3, 0.4) is 0 Å². The summed E-state index contributed by atoms with van der Waals surface area (Å²) in [6.45, 7) is 8.00. The number of carbonyl (C=O) groups excluding carboxylic acids is 1. The minimum atomic E-state index is -0.345. The van der Waals surface area contributed by atoms with E-state index in [0.29, 0.717) is 16.9 Å². The van der Waals surface area contributed by atoms with Gasteiger partial charge in [0.2, 0.25) is 0 Å². The summed E-state index contributed by atoms with van der Waals surface area (Å²) in [6.07, 6.45) is 4.28. The van der Waals surface area contributed by atoms with Crippen molar-refractivity contribution in [3.8, 4) is 0 Å². The van der Waals surface area contributed by atoms with Crippen molar-refractivity contribution in [3.05, 3.63) is 0 Å². The average Bonchev–Trinajstić information content (AvgIpc) is 1.99. The van der Waals surface area contributed by atoms with Gasteiger partial charge in [-0.25, -0.2) is 0 Å². The Kier molecular flexibility index (Phi) is 4.50. The highest BCUT2D eigenvalue weighted by Gasteiger charge is 2.24. The van der Waals surface area contributed by atoms with Gasteiger partial charge in [0.1, 0.15) is 5.60 Å². The van der Waals surface area contributed by atoms with Gasteiger partial charge < -0.3 is 4.74 Å². The van der Waals surface area contributed by atoms with Crippen LogP contribution in [-0.2, 0) is 9.53 Å². The van der Waals surface area contributed by atoms with Crippen LogP contribution in [0.5, 0.6) is 0 Å². The minimum absolute atomic E-state index is 0.0471. The molecular formula is C12H22O2S. The van der Waals surface area contributed by atoms with Gasteiger partial charge >= 0.3 is 5.97 Å². The van der Waals surface area contributed by atoms with Gasteiger partial charge in [0.15, 0.2) is 0 Å². The standard InChI is InChI=1S/C12H22O2S/c1-9-6-5-7-10(15-9)8-11(13)14-12(2,3)4/h9-10H,5-8H2,1-4H3/t9-,10-/m1/s1. The van der Waals surface area contributed by atoms with Crippen molar-refractivity contribution in [2.24, 2.45) is 0 Å². The Hall–Kier alpha value is -0.180. The summed E-state index contributed by atoms with van der Waals surface area (Å²) in [6, 6.07) is 0. The van der Waals surface area contributed by atoms with Crippen molar-refractivity contribution in [1.82, 2.24) is 0 Å². The van der Waals surface area contributed by atoms with E-state index in [1.165, 1.54) is 12.8 Å². The summed E-state index contributed by atoms with van der Waals surface area (Å²) in [7, 11) is 0. The van der Waals surface area contributed by atoms with Gasteiger partial charge in [-0.2, -0.15) is 11.8 Å². The number of rotatable bonds is 2. The molecule has 88 valence electrons. The fourth-order valence-corrected chi connectivity index (χ4v) is 3.31. The quantitative estimate of drug-likeness (QED) is 0.680. The van der Waals surface area contributed by atoms with Crippen LogP contribution < -0.4 is 0 Å². The predicted octanol–water partition coefficient (Wildman–Crippen LogP) is 3.39. The second kappa shape index (κ2) is 5.24. The van der Waals surface area contributed by atoms with Crippen LogP contribution in [-0.4, -0.2) is 22.1 Å². The summed E-state index contributed by atoms with van der Waals surface area (Å²) in [5, 5.41) is 1.18. The smallest absolute Gasteiger partial charge is 0.307 e.